The van der Waals surface area contributed by atoms with Crippen LogP contribution in [-0.2, 0) is 0 Å². The molecule has 0 aromatic rings. The van der Waals surface area contributed by atoms with Crippen molar-refractivity contribution in [3.63, 3.8) is 0 Å². The van der Waals surface area contributed by atoms with Crippen molar-refractivity contribution in [1.29, 1.82) is 0 Å². The number of rotatable bonds is 4. The van der Waals surface area contributed by atoms with Gasteiger partial charge in [-0.15, -0.1) is 8.58 Å². The topological polar surface area (TPSA) is 0 Å². The van der Waals surface area contributed by atoms with Gasteiger partial charge in [0.05, 0.1) is 0 Å². The SMILES string of the molecule is CCCCPC1CCCCC1. The minimum absolute atomic E-state index is 1.13. The smallest absolute Gasteiger partial charge is 0.0237 e. The molecule has 0 aliphatic heterocycles. The lowest BCUT2D eigenvalue weighted by Crippen LogP contribution is -2.06. The van der Waals surface area contributed by atoms with Crippen LogP contribution in [0.25, 0.3) is 0 Å². The molecular weight excluding hydrogens is 151 g/mol. The Morgan fingerprint density at radius 1 is 1.18 bits per heavy atom. The van der Waals surface area contributed by atoms with Gasteiger partial charge < -0.3 is 0 Å². The van der Waals surface area contributed by atoms with Crippen molar-refractivity contribution in [2.45, 2.75) is 57.5 Å². The van der Waals surface area contributed by atoms with Crippen LogP contribution in [0.3, 0.4) is 0 Å². The summed E-state index contributed by atoms with van der Waals surface area (Å²) in [4.78, 5) is 0. The molecule has 1 atom stereocenters. The van der Waals surface area contributed by atoms with E-state index in [4.69, 9.17) is 0 Å². The van der Waals surface area contributed by atoms with Crippen molar-refractivity contribution in [3.8, 4) is 0 Å². The van der Waals surface area contributed by atoms with Crippen LogP contribution in [0.1, 0.15) is 51.9 Å². The Hall–Kier alpha value is 0.430. The summed E-state index contributed by atoms with van der Waals surface area (Å²) in [6.45, 7) is 2.30. The summed E-state index contributed by atoms with van der Waals surface area (Å²) in [7, 11) is 1.29. The molecule has 0 amide bonds. The highest BCUT2D eigenvalue weighted by molar-refractivity contribution is 7.38. The first-order chi connectivity index (χ1) is 5.43. The van der Waals surface area contributed by atoms with E-state index in [9.17, 15) is 0 Å². The molecule has 1 saturated carbocycles. The van der Waals surface area contributed by atoms with Gasteiger partial charge in [-0.05, 0) is 31.1 Å². The molecule has 66 valence electrons. The molecule has 0 aromatic heterocycles. The molecule has 0 nitrogen and oxygen atoms in total. The molecule has 1 aliphatic rings. The van der Waals surface area contributed by atoms with Gasteiger partial charge in [-0.25, -0.2) is 0 Å². The molecule has 11 heavy (non-hydrogen) atoms. The van der Waals surface area contributed by atoms with Crippen LogP contribution in [0, 0.1) is 0 Å². The fourth-order valence-electron chi connectivity index (χ4n) is 1.79. The van der Waals surface area contributed by atoms with Gasteiger partial charge >= 0.3 is 0 Å². The van der Waals surface area contributed by atoms with Crippen LogP contribution in [0.5, 0.6) is 0 Å². The molecule has 1 aliphatic carbocycles. The Morgan fingerprint density at radius 2 is 1.91 bits per heavy atom. The normalized spacial score (nSPS) is 21.5. The fraction of sp³-hybridized carbons (Fsp3) is 1.00. The largest absolute Gasteiger partial charge is 0.119 e. The Morgan fingerprint density at radius 3 is 2.55 bits per heavy atom. The predicted octanol–water partition coefficient (Wildman–Crippen LogP) is 3.80. The zero-order valence-corrected chi connectivity index (χ0v) is 8.73. The summed E-state index contributed by atoms with van der Waals surface area (Å²) >= 11 is 0. The van der Waals surface area contributed by atoms with E-state index in [0.717, 1.165) is 5.66 Å². The minimum atomic E-state index is 1.13. The number of hydrogen-bond acceptors (Lipinski definition) is 0. The van der Waals surface area contributed by atoms with Crippen molar-refractivity contribution in [1.82, 2.24) is 0 Å². The minimum Gasteiger partial charge on any atom is -0.119 e. The van der Waals surface area contributed by atoms with E-state index in [1.165, 1.54) is 46.8 Å². The van der Waals surface area contributed by atoms with Crippen LogP contribution in [-0.4, -0.2) is 11.8 Å². The van der Waals surface area contributed by atoms with Gasteiger partial charge in [0.15, 0.2) is 0 Å². The van der Waals surface area contributed by atoms with Crippen molar-refractivity contribution in [3.05, 3.63) is 0 Å². The molecule has 0 heterocycles. The summed E-state index contributed by atoms with van der Waals surface area (Å²) in [6, 6.07) is 0. The molecule has 0 saturated heterocycles. The average molecular weight is 172 g/mol. The Labute approximate surface area is 72.9 Å². The standard InChI is InChI=1S/C10H21P/c1-2-3-9-11-10-7-5-4-6-8-10/h10-11H,2-9H2,1H3. The van der Waals surface area contributed by atoms with Gasteiger partial charge in [-0.3, -0.25) is 0 Å². The summed E-state index contributed by atoms with van der Waals surface area (Å²) in [5.41, 5.74) is 1.13. The van der Waals surface area contributed by atoms with E-state index < -0.39 is 0 Å². The highest BCUT2D eigenvalue weighted by Crippen LogP contribution is 2.33. The second-order valence-electron chi connectivity index (χ2n) is 3.64. The zero-order chi connectivity index (χ0) is 7.94. The van der Waals surface area contributed by atoms with Gasteiger partial charge in [-0.1, -0.05) is 32.6 Å². The fourth-order valence-corrected chi connectivity index (χ4v) is 3.57. The number of hydrogen-bond donors (Lipinski definition) is 0. The molecule has 0 bridgehead atoms. The summed E-state index contributed by atoms with van der Waals surface area (Å²) in [5, 5.41) is 0. The molecule has 0 radical (unpaired) electrons. The predicted molar refractivity (Wildman–Crippen MR) is 55.0 cm³/mol. The molecule has 1 heteroatoms. The van der Waals surface area contributed by atoms with Gasteiger partial charge in [-0.2, -0.15) is 0 Å². The first-order valence-electron chi connectivity index (χ1n) is 5.17. The lowest BCUT2D eigenvalue weighted by molar-refractivity contribution is 0.513. The third kappa shape index (κ3) is 4.11. The van der Waals surface area contributed by atoms with Gasteiger partial charge in [0, 0.05) is 0 Å². The van der Waals surface area contributed by atoms with Crippen LogP contribution in [0.4, 0.5) is 0 Å². The second-order valence-corrected chi connectivity index (χ2v) is 5.37. The zero-order valence-electron chi connectivity index (χ0n) is 7.73. The highest BCUT2D eigenvalue weighted by atomic mass is 31.1. The van der Waals surface area contributed by atoms with Crippen LogP contribution in [0.2, 0.25) is 0 Å². The molecule has 0 spiro atoms. The van der Waals surface area contributed by atoms with Crippen LogP contribution < -0.4 is 0 Å². The maximum atomic E-state index is 2.30. The van der Waals surface area contributed by atoms with Gasteiger partial charge in [0.25, 0.3) is 0 Å². The first kappa shape index (κ1) is 9.52. The Balaban J connectivity index is 1.96. The van der Waals surface area contributed by atoms with Gasteiger partial charge in [0.2, 0.25) is 0 Å². The van der Waals surface area contributed by atoms with E-state index in [2.05, 4.69) is 6.92 Å². The maximum absolute atomic E-state index is 2.30. The molecular formula is C10H21P. The molecule has 1 unspecified atom stereocenters. The average Bonchev–Trinajstić information content (AvgIpc) is 2.07. The maximum Gasteiger partial charge on any atom is -0.0237 e. The van der Waals surface area contributed by atoms with Crippen molar-refractivity contribution in [2.75, 3.05) is 6.16 Å². The Bertz CT molecular complexity index is 84.9. The molecule has 0 aromatic carbocycles. The molecule has 1 rings (SSSR count). The van der Waals surface area contributed by atoms with Crippen LogP contribution >= 0.6 is 8.58 Å². The molecule has 0 N–H and O–H groups in total. The van der Waals surface area contributed by atoms with E-state index in [1.807, 2.05) is 0 Å². The first-order valence-corrected chi connectivity index (χ1v) is 6.45. The highest BCUT2D eigenvalue weighted by Gasteiger charge is 2.11. The Kier molecular flexibility index (Phi) is 5.19. The number of unbranched alkanes of at least 4 members (excludes halogenated alkanes) is 1. The molecule has 1 fully saturated rings. The van der Waals surface area contributed by atoms with E-state index in [-0.39, 0.29) is 0 Å². The van der Waals surface area contributed by atoms with E-state index in [0.29, 0.717) is 0 Å². The van der Waals surface area contributed by atoms with E-state index in [1.54, 1.807) is 12.8 Å². The van der Waals surface area contributed by atoms with Crippen LogP contribution in [0.15, 0.2) is 0 Å². The third-order valence-electron chi connectivity index (χ3n) is 2.57. The lowest BCUT2D eigenvalue weighted by atomic mass is 10.0. The van der Waals surface area contributed by atoms with Crippen molar-refractivity contribution >= 4 is 8.58 Å². The van der Waals surface area contributed by atoms with Gasteiger partial charge in [0.1, 0.15) is 0 Å². The van der Waals surface area contributed by atoms with Crippen molar-refractivity contribution in [2.24, 2.45) is 0 Å². The summed E-state index contributed by atoms with van der Waals surface area (Å²) in [6.07, 6.45) is 12.0. The van der Waals surface area contributed by atoms with E-state index >= 15 is 0 Å². The quantitative estimate of drug-likeness (QED) is 0.447. The van der Waals surface area contributed by atoms with Crippen molar-refractivity contribution < 1.29 is 0 Å². The monoisotopic (exact) mass is 172 g/mol. The summed E-state index contributed by atoms with van der Waals surface area (Å²) in [5.74, 6) is 0. The third-order valence-corrected chi connectivity index (χ3v) is 4.37. The second kappa shape index (κ2) is 6.00. The lowest BCUT2D eigenvalue weighted by Gasteiger charge is -2.21. The summed E-state index contributed by atoms with van der Waals surface area (Å²) < 4.78 is 0.